The van der Waals surface area contributed by atoms with Crippen molar-refractivity contribution in [1.82, 2.24) is 5.27 Å². The second-order valence-corrected chi connectivity index (χ2v) is 9.63. The van der Waals surface area contributed by atoms with E-state index in [2.05, 4.69) is 15.9 Å². The Kier molecular flexibility index (Phi) is 6.61. The van der Waals surface area contributed by atoms with Crippen molar-refractivity contribution >= 4 is 30.2 Å². The van der Waals surface area contributed by atoms with E-state index in [4.69, 9.17) is 13.8 Å². The Labute approximate surface area is 206 Å². The number of halogens is 3. The van der Waals surface area contributed by atoms with Crippen LogP contribution in [0, 0.1) is 0 Å². The lowest BCUT2D eigenvalue weighted by atomic mass is 9.78. The third kappa shape index (κ3) is 5.39. The van der Waals surface area contributed by atoms with E-state index < -0.39 is 36.1 Å². The lowest BCUT2D eigenvalue weighted by Gasteiger charge is -2.32. The van der Waals surface area contributed by atoms with E-state index in [0.29, 0.717) is 0 Å². The summed E-state index contributed by atoms with van der Waals surface area (Å²) >= 11 is 0. The molecule has 0 radical (unpaired) electrons. The highest BCUT2D eigenvalue weighted by Gasteiger charge is 2.51. The number of nitrogens with zero attached hydrogens (tertiary/aromatic N) is 2. The van der Waals surface area contributed by atoms with Crippen LogP contribution in [0.2, 0.25) is 0 Å². The number of carbonyl (C=O) groups excluding carboxylic acids is 1. The van der Waals surface area contributed by atoms with E-state index in [0.717, 1.165) is 23.2 Å². The van der Waals surface area contributed by atoms with Crippen LogP contribution >= 0.6 is 0 Å². The van der Waals surface area contributed by atoms with E-state index in [1.807, 2.05) is 58.9 Å². The molecule has 0 spiro atoms. The van der Waals surface area contributed by atoms with Crippen LogP contribution < -0.4 is 20.8 Å². The van der Waals surface area contributed by atoms with Crippen LogP contribution in [-0.2, 0) is 15.5 Å². The Hall–Kier alpha value is -3.38. The van der Waals surface area contributed by atoms with Crippen molar-refractivity contribution in [1.29, 1.82) is 0 Å². The lowest BCUT2D eigenvalue weighted by Crippen LogP contribution is -2.41. The summed E-state index contributed by atoms with van der Waals surface area (Å²) < 4.78 is 57.4. The summed E-state index contributed by atoms with van der Waals surface area (Å²) in [5.74, 6) is 0.0279. The quantitative estimate of drug-likeness (QED) is 0.395. The maximum atomic E-state index is 12.9. The minimum Gasteiger partial charge on any atom is -0.399 e. The van der Waals surface area contributed by atoms with Crippen molar-refractivity contribution in [3.8, 4) is 0 Å². The number of hydrogen-bond donors (Lipinski definition) is 2. The van der Waals surface area contributed by atoms with Crippen molar-refractivity contribution in [2.45, 2.75) is 58.0 Å². The molecule has 12 heteroatoms. The summed E-state index contributed by atoms with van der Waals surface area (Å²) in [6, 6.07) is 11.0. The van der Waals surface area contributed by atoms with Crippen LogP contribution in [0.1, 0.15) is 51.8 Å². The molecule has 1 aliphatic rings. The number of urea groups is 1. The van der Waals surface area contributed by atoms with Crippen LogP contribution in [0.4, 0.5) is 29.5 Å². The van der Waals surface area contributed by atoms with Crippen LogP contribution in [-0.4, -0.2) is 29.6 Å². The molecular weight excluding hydrogens is 476 g/mol. The minimum absolute atomic E-state index is 0.00910. The molecule has 1 aromatic heterocycles. The predicted molar refractivity (Wildman–Crippen MR) is 127 cm³/mol. The number of rotatable bonds is 5. The second-order valence-electron chi connectivity index (χ2n) is 9.63. The van der Waals surface area contributed by atoms with Gasteiger partial charge in [-0.2, -0.15) is 13.2 Å². The Morgan fingerprint density at radius 1 is 1.03 bits per heavy atom. The molecule has 1 atom stereocenters. The molecule has 190 valence electrons. The van der Waals surface area contributed by atoms with Gasteiger partial charge in [0.05, 0.1) is 16.8 Å². The molecule has 0 unspecified atom stereocenters. The Balaban J connectivity index is 1.38. The van der Waals surface area contributed by atoms with Crippen LogP contribution in [0.5, 0.6) is 0 Å². The highest BCUT2D eigenvalue weighted by atomic mass is 19.4. The Bertz CT molecular complexity index is 1230. The van der Waals surface area contributed by atoms with Crippen LogP contribution in [0.3, 0.4) is 0 Å². The maximum absolute atomic E-state index is 12.9. The van der Waals surface area contributed by atoms with Crippen LogP contribution in [0.25, 0.3) is 0 Å². The molecule has 36 heavy (non-hydrogen) atoms. The SMILES string of the molecule is C[C@H](c1ccc(B2OC(C)(C)C(C)(C)O2)cc1)[n+]1cc(NC(=O)Nc2cccc(C(F)(F)F)c2)on1. The molecule has 4 rings (SSSR count). The molecule has 8 nitrogen and oxygen atoms in total. The van der Waals surface area contributed by atoms with Crippen LogP contribution in [0.15, 0.2) is 59.3 Å². The summed E-state index contributed by atoms with van der Waals surface area (Å²) in [5.41, 5.74) is 0.0758. The van der Waals surface area contributed by atoms with Crippen molar-refractivity contribution in [3.05, 3.63) is 65.9 Å². The Morgan fingerprint density at radius 2 is 1.67 bits per heavy atom. The summed E-state index contributed by atoms with van der Waals surface area (Å²) in [7, 11) is -0.467. The Morgan fingerprint density at radius 3 is 2.28 bits per heavy atom. The standard InChI is InChI=1S/C24H26BF3N4O4/c1-15(16-9-11-18(12-10-16)25-35-22(2,3)23(4,5)36-25)32-14-20(34-31-32)30-21(33)29-19-8-6-7-17(13-19)24(26,27)28/h6-15H,1-5H3,(H-,29,30,31,33)/p+1/t15-/m1/s1. The number of aromatic nitrogens is 2. The van der Waals surface area contributed by atoms with Crippen molar-refractivity contribution < 1.29 is 36.5 Å². The summed E-state index contributed by atoms with van der Waals surface area (Å²) in [4.78, 5) is 12.2. The van der Waals surface area contributed by atoms with Gasteiger partial charge in [-0.3, -0.25) is 9.84 Å². The lowest BCUT2D eigenvalue weighted by molar-refractivity contribution is -0.774. The molecule has 1 aliphatic heterocycles. The highest BCUT2D eigenvalue weighted by Crippen LogP contribution is 2.36. The smallest absolute Gasteiger partial charge is 0.399 e. The fourth-order valence-electron chi connectivity index (χ4n) is 3.61. The third-order valence-electron chi connectivity index (χ3n) is 6.51. The molecule has 1 saturated heterocycles. The number of carbonyl (C=O) groups is 1. The highest BCUT2D eigenvalue weighted by molar-refractivity contribution is 6.62. The summed E-state index contributed by atoms with van der Waals surface area (Å²) in [6.45, 7) is 9.89. The van der Waals surface area contributed by atoms with Gasteiger partial charge >= 0.3 is 25.2 Å². The van der Waals surface area contributed by atoms with Gasteiger partial charge in [0.1, 0.15) is 0 Å². The molecule has 2 heterocycles. The van der Waals surface area contributed by atoms with Crippen molar-refractivity contribution in [3.63, 3.8) is 0 Å². The zero-order valence-electron chi connectivity index (χ0n) is 20.5. The molecule has 1 fully saturated rings. The number of anilines is 2. The predicted octanol–water partition coefficient (Wildman–Crippen LogP) is 4.53. The normalized spacial score (nSPS) is 17.6. The van der Waals surface area contributed by atoms with Gasteiger partial charge in [0.2, 0.25) is 11.3 Å². The summed E-state index contributed by atoms with van der Waals surface area (Å²) in [6.07, 6.45) is -3.03. The first-order valence-corrected chi connectivity index (χ1v) is 11.3. The van der Waals surface area contributed by atoms with Gasteiger partial charge in [-0.25, -0.2) is 4.79 Å². The first-order chi connectivity index (χ1) is 16.7. The number of benzene rings is 2. The average Bonchev–Trinajstić information content (AvgIpc) is 3.34. The zero-order valence-corrected chi connectivity index (χ0v) is 20.5. The number of amides is 2. The van der Waals surface area contributed by atoms with Crippen molar-refractivity contribution in [2.24, 2.45) is 0 Å². The van der Waals surface area contributed by atoms with Gasteiger partial charge in [-0.1, -0.05) is 30.3 Å². The molecule has 0 aliphatic carbocycles. The molecule has 0 bridgehead atoms. The van der Waals surface area contributed by atoms with Crippen molar-refractivity contribution in [2.75, 3.05) is 10.6 Å². The van der Waals surface area contributed by atoms with E-state index >= 15 is 0 Å². The first-order valence-electron chi connectivity index (χ1n) is 11.3. The van der Waals surface area contributed by atoms with Gasteiger partial charge in [-0.05, 0) is 56.0 Å². The zero-order chi connectivity index (χ0) is 26.3. The van der Waals surface area contributed by atoms with Gasteiger partial charge < -0.3 is 14.6 Å². The first kappa shape index (κ1) is 25.7. The molecule has 0 saturated carbocycles. The monoisotopic (exact) mass is 503 g/mol. The number of nitrogens with one attached hydrogen (secondary N) is 2. The topological polar surface area (TPSA) is 89.5 Å². The second kappa shape index (κ2) is 9.25. The molecule has 3 aromatic rings. The van der Waals surface area contributed by atoms with E-state index in [-0.39, 0.29) is 17.6 Å². The molecule has 2 N–H and O–H groups in total. The number of alkyl halides is 3. The largest absolute Gasteiger partial charge is 0.494 e. The van der Waals surface area contributed by atoms with E-state index in [1.165, 1.54) is 23.0 Å². The van der Waals surface area contributed by atoms with Gasteiger partial charge in [0.25, 0.3) is 6.20 Å². The fraction of sp³-hybridized carbons (Fsp3) is 0.375. The van der Waals surface area contributed by atoms with E-state index in [9.17, 15) is 18.0 Å². The molecule has 2 amide bonds. The van der Waals surface area contributed by atoms with Gasteiger partial charge in [0.15, 0.2) is 0 Å². The fourth-order valence-corrected chi connectivity index (χ4v) is 3.61. The minimum atomic E-state index is -4.51. The third-order valence-corrected chi connectivity index (χ3v) is 6.51. The summed E-state index contributed by atoms with van der Waals surface area (Å²) in [5, 5.41) is 8.71. The van der Waals surface area contributed by atoms with Gasteiger partial charge in [0, 0.05) is 18.2 Å². The maximum Gasteiger partial charge on any atom is 0.494 e. The number of hydrogen-bond acceptors (Lipinski definition) is 5. The average molecular weight is 503 g/mol. The molecular formula is C24H27BF3N4O4+. The molecule has 2 aromatic carbocycles. The van der Waals surface area contributed by atoms with Gasteiger partial charge in [-0.15, -0.1) is 0 Å². The van der Waals surface area contributed by atoms with E-state index in [1.54, 1.807) is 0 Å².